The van der Waals surface area contributed by atoms with Crippen LogP contribution in [0.3, 0.4) is 0 Å². The van der Waals surface area contributed by atoms with E-state index in [0.717, 1.165) is 14.9 Å². The van der Waals surface area contributed by atoms with Gasteiger partial charge in [-0.3, -0.25) is 19.3 Å². The van der Waals surface area contributed by atoms with E-state index < -0.39 is 0 Å². The molecular weight excluding hydrogens is 396 g/mol. The molecule has 0 aromatic heterocycles. The third kappa shape index (κ3) is 4.01. The maximum Gasteiger partial charge on any atom is 0.261 e. The zero-order valence-electron chi connectivity index (χ0n) is 13.8. The molecule has 0 radical (unpaired) electrons. The van der Waals surface area contributed by atoms with E-state index in [9.17, 15) is 14.4 Å². The summed E-state index contributed by atoms with van der Waals surface area (Å²) >= 11 is 3.29. The van der Waals surface area contributed by atoms with E-state index in [1.807, 2.05) is 30.3 Å². The van der Waals surface area contributed by atoms with Crippen molar-refractivity contribution < 1.29 is 14.4 Å². The molecule has 1 aliphatic heterocycles. The van der Waals surface area contributed by atoms with Crippen LogP contribution < -0.4 is 5.32 Å². The Kier molecular flexibility index (Phi) is 5.49. The smallest absolute Gasteiger partial charge is 0.261 e. The summed E-state index contributed by atoms with van der Waals surface area (Å²) in [4.78, 5) is 37.6. The first-order valence-electron chi connectivity index (χ1n) is 8.02. The van der Waals surface area contributed by atoms with Crippen molar-refractivity contribution in [3.8, 4) is 11.8 Å². The first-order valence-corrected chi connectivity index (χ1v) is 8.82. The number of hydrogen-bond acceptors (Lipinski definition) is 3. The number of carbonyl (C=O) groups is 3. The molecule has 0 atom stereocenters. The molecule has 1 N–H and O–H groups in total. The number of nitrogens with one attached hydrogen (secondary N) is 1. The van der Waals surface area contributed by atoms with Crippen LogP contribution in [-0.2, 0) is 4.79 Å². The van der Waals surface area contributed by atoms with E-state index >= 15 is 0 Å². The van der Waals surface area contributed by atoms with Crippen molar-refractivity contribution >= 4 is 33.7 Å². The Morgan fingerprint density at radius 3 is 2.54 bits per heavy atom. The Hall–Kier alpha value is -2.91. The van der Waals surface area contributed by atoms with E-state index in [1.165, 1.54) is 0 Å². The first kappa shape index (κ1) is 17.9. The molecule has 2 aromatic carbocycles. The van der Waals surface area contributed by atoms with Gasteiger partial charge in [-0.1, -0.05) is 46.0 Å². The number of imide groups is 1. The summed E-state index contributed by atoms with van der Waals surface area (Å²) < 4.78 is 0.731. The van der Waals surface area contributed by atoms with Gasteiger partial charge in [-0.05, 0) is 30.3 Å². The number of amides is 3. The fourth-order valence-electron chi connectivity index (χ4n) is 2.58. The lowest BCUT2D eigenvalue weighted by Gasteiger charge is -2.12. The van der Waals surface area contributed by atoms with Crippen molar-refractivity contribution in [3.05, 3.63) is 69.7 Å². The number of halogens is 1. The maximum absolute atomic E-state index is 12.3. The predicted octanol–water partition coefficient (Wildman–Crippen LogP) is 2.60. The summed E-state index contributed by atoms with van der Waals surface area (Å²) in [6.45, 7) is 0.255. The van der Waals surface area contributed by atoms with Gasteiger partial charge in [0.1, 0.15) is 0 Å². The van der Waals surface area contributed by atoms with Gasteiger partial charge in [0.2, 0.25) is 5.91 Å². The number of benzene rings is 2. The molecule has 0 spiro atoms. The van der Waals surface area contributed by atoms with Crippen LogP contribution in [0.1, 0.15) is 32.7 Å². The summed E-state index contributed by atoms with van der Waals surface area (Å²) in [6, 6.07) is 14.4. The van der Waals surface area contributed by atoms with Gasteiger partial charge in [-0.15, -0.1) is 0 Å². The normalized spacial score (nSPS) is 12.4. The fraction of sp³-hybridized carbons (Fsp3) is 0.150. The van der Waals surface area contributed by atoms with E-state index in [-0.39, 0.29) is 37.2 Å². The van der Waals surface area contributed by atoms with Crippen molar-refractivity contribution in [2.75, 3.05) is 13.1 Å². The molecule has 5 nitrogen and oxygen atoms in total. The van der Waals surface area contributed by atoms with Gasteiger partial charge in [0.05, 0.1) is 17.7 Å². The largest absolute Gasteiger partial charge is 0.345 e. The molecule has 3 amide bonds. The minimum Gasteiger partial charge on any atom is -0.345 e. The van der Waals surface area contributed by atoms with Gasteiger partial charge in [-0.25, -0.2) is 0 Å². The molecule has 0 bridgehead atoms. The third-order valence-electron chi connectivity index (χ3n) is 3.88. The van der Waals surface area contributed by atoms with E-state index in [1.54, 1.807) is 18.2 Å². The second kappa shape index (κ2) is 7.98. The minimum atomic E-state index is -0.372. The van der Waals surface area contributed by atoms with Gasteiger partial charge in [0.25, 0.3) is 11.8 Å². The molecular formula is C20H15BrN2O3. The molecule has 0 saturated heterocycles. The third-order valence-corrected chi connectivity index (χ3v) is 4.37. The standard InChI is InChI=1S/C20H15BrN2O3/c21-15-8-9-16-17(13-15)20(26)23(19(16)25)12-10-18(24)22-11-4-7-14-5-2-1-3-6-14/h1-3,5-6,8-9,13H,10-12H2,(H,22,24). The lowest BCUT2D eigenvalue weighted by Crippen LogP contribution is -2.34. The predicted molar refractivity (Wildman–Crippen MR) is 100 cm³/mol. The Bertz CT molecular complexity index is 929. The van der Waals surface area contributed by atoms with Crippen LogP contribution in [0.25, 0.3) is 0 Å². The van der Waals surface area contributed by atoms with E-state index in [4.69, 9.17) is 0 Å². The number of fused-ring (bicyclic) bond motifs is 1. The molecule has 26 heavy (non-hydrogen) atoms. The van der Waals surface area contributed by atoms with Gasteiger partial charge in [-0.2, -0.15) is 0 Å². The van der Waals surface area contributed by atoms with Crippen molar-refractivity contribution in [3.63, 3.8) is 0 Å². The quantitative estimate of drug-likeness (QED) is 0.622. The van der Waals surface area contributed by atoms with Crippen LogP contribution in [0, 0.1) is 11.8 Å². The lowest BCUT2D eigenvalue weighted by atomic mass is 10.1. The summed E-state index contributed by atoms with van der Waals surface area (Å²) in [5, 5.41) is 2.67. The second-order valence-electron chi connectivity index (χ2n) is 5.65. The number of hydrogen-bond donors (Lipinski definition) is 1. The number of rotatable bonds is 4. The SMILES string of the molecule is O=C(CCN1C(=O)c2ccc(Br)cc2C1=O)NCC#Cc1ccccc1. The van der Waals surface area contributed by atoms with Gasteiger partial charge < -0.3 is 5.32 Å². The van der Waals surface area contributed by atoms with Crippen molar-refractivity contribution in [2.45, 2.75) is 6.42 Å². The highest BCUT2D eigenvalue weighted by Crippen LogP contribution is 2.25. The molecule has 3 rings (SSSR count). The molecule has 130 valence electrons. The van der Waals surface area contributed by atoms with Crippen LogP contribution in [-0.4, -0.2) is 35.7 Å². The first-order chi connectivity index (χ1) is 12.6. The van der Waals surface area contributed by atoms with Gasteiger partial charge in [0, 0.05) is 23.0 Å². The maximum atomic E-state index is 12.3. The van der Waals surface area contributed by atoms with Crippen LogP contribution in [0.5, 0.6) is 0 Å². The molecule has 1 aliphatic rings. The average molecular weight is 411 g/mol. The van der Waals surface area contributed by atoms with Crippen LogP contribution in [0.2, 0.25) is 0 Å². The second-order valence-corrected chi connectivity index (χ2v) is 6.56. The van der Waals surface area contributed by atoms with Crippen molar-refractivity contribution in [2.24, 2.45) is 0 Å². The highest BCUT2D eigenvalue weighted by Gasteiger charge is 2.35. The molecule has 2 aromatic rings. The average Bonchev–Trinajstić information content (AvgIpc) is 2.88. The van der Waals surface area contributed by atoms with Crippen LogP contribution >= 0.6 is 15.9 Å². The zero-order valence-corrected chi connectivity index (χ0v) is 15.4. The molecule has 0 saturated carbocycles. The summed E-state index contributed by atoms with van der Waals surface area (Å²) in [5.74, 6) is 4.81. The van der Waals surface area contributed by atoms with Crippen LogP contribution in [0.15, 0.2) is 53.0 Å². The van der Waals surface area contributed by atoms with Crippen LogP contribution in [0.4, 0.5) is 0 Å². The Balaban J connectivity index is 1.50. The summed E-state index contributed by atoms with van der Waals surface area (Å²) in [7, 11) is 0. The minimum absolute atomic E-state index is 0.0413. The summed E-state index contributed by atoms with van der Waals surface area (Å²) in [5.41, 5.74) is 1.60. The number of nitrogens with zero attached hydrogens (tertiary/aromatic N) is 1. The molecule has 6 heteroatoms. The Morgan fingerprint density at radius 1 is 1.04 bits per heavy atom. The molecule has 0 aliphatic carbocycles. The number of carbonyl (C=O) groups excluding carboxylic acids is 3. The highest BCUT2D eigenvalue weighted by atomic mass is 79.9. The highest BCUT2D eigenvalue weighted by molar-refractivity contribution is 9.10. The molecule has 0 unspecified atom stereocenters. The molecule has 0 fully saturated rings. The van der Waals surface area contributed by atoms with Crippen molar-refractivity contribution in [1.29, 1.82) is 0 Å². The van der Waals surface area contributed by atoms with Crippen molar-refractivity contribution in [1.82, 2.24) is 10.2 Å². The van der Waals surface area contributed by atoms with Gasteiger partial charge in [0.15, 0.2) is 0 Å². The van der Waals surface area contributed by atoms with E-state index in [2.05, 4.69) is 33.1 Å². The topological polar surface area (TPSA) is 66.5 Å². The Morgan fingerprint density at radius 2 is 1.77 bits per heavy atom. The Labute approximate surface area is 159 Å². The van der Waals surface area contributed by atoms with E-state index in [0.29, 0.717) is 11.1 Å². The molecule has 1 heterocycles. The zero-order chi connectivity index (χ0) is 18.5. The summed E-state index contributed by atoms with van der Waals surface area (Å²) in [6.07, 6.45) is 0.0413. The fourth-order valence-corrected chi connectivity index (χ4v) is 2.94. The monoisotopic (exact) mass is 410 g/mol. The van der Waals surface area contributed by atoms with Gasteiger partial charge >= 0.3 is 0 Å². The lowest BCUT2D eigenvalue weighted by molar-refractivity contribution is -0.120.